The van der Waals surface area contributed by atoms with Crippen molar-refractivity contribution in [2.75, 3.05) is 79.5 Å². The number of nitrogens with one attached hydrogen (secondary N) is 2. The summed E-state index contributed by atoms with van der Waals surface area (Å²) in [6, 6.07) is 14.4. The Hall–Kier alpha value is -3.48. The van der Waals surface area contributed by atoms with Gasteiger partial charge in [0.15, 0.2) is 0 Å². The number of sulfonamides is 1. The molecule has 3 aromatic rings. The maximum Gasteiger partial charge on any atom is 0.232 e. The lowest BCUT2D eigenvalue weighted by Gasteiger charge is -2.42. The first-order valence-electron chi connectivity index (χ1n) is 13.5. The first kappa shape index (κ1) is 28.1. The SMILES string of the molecule is CN1CCN(C2CCN(c3ccc(Nc4nccc(Nc5ccccc5N(C)S(C)(=O)=O)n4)cc3F)CC2)CC1. The Balaban J connectivity index is 1.22. The van der Waals surface area contributed by atoms with E-state index in [1.807, 2.05) is 18.2 Å². The number of halogens is 1. The van der Waals surface area contributed by atoms with E-state index in [1.54, 1.807) is 30.5 Å². The Morgan fingerprint density at radius 2 is 1.70 bits per heavy atom. The number of likely N-dealkylation sites (N-methyl/N-ethyl adjacent to an activating group) is 1. The first-order chi connectivity index (χ1) is 19.2. The molecule has 0 spiro atoms. The molecule has 2 aromatic carbocycles. The normalized spacial score (nSPS) is 17.6. The molecule has 40 heavy (non-hydrogen) atoms. The van der Waals surface area contributed by atoms with Crippen molar-refractivity contribution in [3.8, 4) is 0 Å². The van der Waals surface area contributed by atoms with E-state index < -0.39 is 10.0 Å². The van der Waals surface area contributed by atoms with Crippen molar-refractivity contribution in [1.29, 1.82) is 0 Å². The summed E-state index contributed by atoms with van der Waals surface area (Å²) < 4.78 is 40.5. The van der Waals surface area contributed by atoms with Gasteiger partial charge >= 0.3 is 0 Å². The summed E-state index contributed by atoms with van der Waals surface area (Å²) in [7, 11) is 0.227. The number of para-hydroxylation sites is 2. The van der Waals surface area contributed by atoms with Gasteiger partial charge in [-0.05, 0) is 56.3 Å². The topological polar surface area (TPSA) is 96.9 Å². The highest BCUT2D eigenvalue weighted by molar-refractivity contribution is 7.92. The maximum absolute atomic E-state index is 15.2. The van der Waals surface area contributed by atoms with Crippen molar-refractivity contribution in [2.45, 2.75) is 18.9 Å². The number of nitrogens with zero attached hydrogens (tertiary/aromatic N) is 6. The van der Waals surface area contributed by atoms with Gasteiger partial charge in [0.2, 0.25) is 16.0 Å². The second-order valence-electron chi connectivity index (χ2n) is 10.5. The van der Waals surface area contributed by atoms with Gasteiger partial charge in [0, 0.05) is 64.2 Å². The summed E-state index contributed by atoms with van der Waals surface area (Å²) in [6.45, 7) is 6.12. The molecule has 2 fully saturated rings. The van der Waals surface area contributed by atoms with Crippen molar-refractivity contribution in [3.63, 3.8) is 0 Å². The lowest BCUT2D eigenvalue weighted by molar-refractivity contribution is 0.0981. The predicted octanol–water partition coefficient (Wildman–Crippen LogP) is 3.71. The molecule has 0 amide bonds. The number of hydrogen-bond donors (Lipinski definition) is 2. The van der Waals surface area contributed by atoms with Crippen LogP contribution in [0, 0.1) is 5.82 Å². The second-order valence-corrected chi connectivity index (χ2v) is 12.5. The van der Waals surface area contributed by atoms with E-state index >= 15 is 4.39 Å². The molecule has 214 valence electrons. The van der Waals surface area contributed by atoms with Crippen molar-refractivity contribution < 1.29 is 12.8 Å². The number of piperazine rings is 1. The highest BCUT2D eigenvalue weighted by Crippen LogP contribution is 2.30. The monoisotopic (exact) mass is 568 g/mol. The van der Waals surface area contributed by atoms with Crippen LogP contribution in [0.3, 0.4) is 0 Å². The highest BCUT2D eigenvalue weighted by Gasteiger charge is 2.27. The van der Waals surface area contributed by atoms with Crippen LogP contribution in [0.2, 0.25) is 0 Å². The van der Waals surface area contributed by atoms with Crippen LogP contribution in [0.5, 0.6) is 0 Å². The number of piperidine rings is 1. The Bertz CT molecular complexity index is 1420. The summed E-state index contributed by atoms with van der Waals surface area (Å²) >= 11 is 0. The van der Waals surface area contributed by atoms with E-state index in [2.05, 4.69) is 42.3 Å². The van der Waals surface area contributed by atoms with E-state index in [4.69, 9.17) is 0 Å². The number of anilines is 6. The number of hydrogen-bond acceptors (Lipinski definition) is 9. The Morgan fingerprint density at radius 1 is 0.975 bits per heavy atom. The Kier molecular flexibility index (Phi) is 8.38. The van der Waals surface area contributed by atoms with Crippen molar-refractivity contribution >= 4 is 44.5 Å². The third kappa shape index (κ3) is 6.62. The van der Waals surface area contributed by atoms with E-state index in [0.29, 0.717) is 40.6 Å². The van der Waals surface area contributed by atoms with Crippen LogP contribution in [0.25, 0.3) is 0 Å². The smallest absolute Gasteiger partial charge is 0.232 e. The molecule has 0 aliphatic carbocycles. The molecule has 2 aliphatic rings. The van der Waals surface area contributed by atoms with Gasteiger partial charge in [0.05, 0.1) is 23.3 Å². The van der Waals surface area contributed by atoms with Crippen molar-refractivity contribution in [1.82, 2.24) is 19.8 Å². The lowest BCUT2D eigenvalue weighted by atomic mass is 10.0. The Labute approximate surface area is 235 Å². The molecule has 1 aromatic heterocycles. The molecule has 0 atom stereocenters. The average molecular weight is 569 g/mol. The minimum Gasteiger partial charge on any atom is -0.369 e. The fourth-order valence-electron chi connectivity index (χ4n) is 5.29. The molecule has 2 N–H and O–H groups in total. The van der Waals surface area contributed by atoms with Crippen LogP contribution < -0.4 is 19.8 Å². The molecule has 0 radical (unpaired) electrons. The zero-order chi connectivity index (χ0) is 28.3. The Morgan fingerprint density at radius 3 is 2.40 bits per heavy atom. The maximum atomic E-state index is 15.2. The van der Waals surface area contributed by atoms with Crippen molar-refractivity contribution in [3.05, 3.63) is 60.5 Å². The predicted molar refractivity (Wildman–Crippen MR) is 159 cm³/mol. The number of rotatable bonds is 8. The van der Waals surface area contributed by atoms with E-state index in [-0.39, 0.29) is 5.82 Å². The van der Waals surface area contributed by atoms with Gasteiger partial charge in [-0.3, -0.25) is 9.21 Å². The second kappa shape index (κ2) is 11.9. The van der Waals surface area contributed by atoms with Gasteiger partial charge in [-0.2, -0.15) is 4.98 Å². The third-order valence-electron chi connectivity index (χ3n) is 7.72. The van der Waals surface area contributed by atoms with E-state index in [0.717, 1.165) is 58.4 Å². The van der Waals surface area contributed by atoms with Crippen LogP contribution in [0.1, 0.15) is 12.8 Å². The summed E-state index contributed by atoms with van der Waals surface area (Å²) in [5, 5.41) is 6.24. The first-order valence-corrected chi connectivity index (χ1v) is 15.4. The molecule has 2 saturated heterocycles. The molecule has 3 heterocycles. The lowest BCUT2D eigenvalue weighted by Crippen LogP contribution is -2.52. The number of benzene rings is 2. The largest absolute Gasteiger partial charge is 0.369 e. The molecular weight excluding hydrogens is 531 g/mol. The van der Waals surface area contributed by atoms with Gasteiger partial charge in [0.25, 0.3) is 0 Å². The zero-order valence-electron chi connectivity index (χ0n) is 23.2. The highest BCUT2D eigenvalue weighted by atomic mass is 32.2. The van der Waals surface area contributed by atoms with Crippen LogP contribution in [0.15, 0.2) is 54.7 Å². The number of aromatic nitrogens is 2. The summed E-state index contributed by atoms with van der Waals surface area (Å²) in [6.07, 6.45) is 4.81. The molecule has 2 aliphatic heterocycles. The van der Waals surface area contributed by atoms with E-state index in [9.17, 15) is 8.42 Å². The van der Waals surface area contributed by atoms with Gasteiger partial charge in [-0.25, -0.2) is 17.8 Å². The van der Waals surface area contributed by atoms with Crippen molar-refractivity contribution in [2.24, 2.45) is 0 Å². The van der Waals surface area contributed by atoms with E-state index in [1.165, 1.54) is 17.4 Å². The van der Waals surface area contributed by atoms with Crippen LogP contribution in [-0.2, 0) is 10.0 Å². The molecular formula is C28H37FN8O2S. The van der Waals surface area contributed by atoms with Gasteiger partial charge in [0.1, 0.15) is 11.6 Å². The minimum absolute atomic E-state index is 0.282. The molecule has 5 rings (SSSR count). The van der Waals surface area contributed by atoms with Gasteiger partial charge < -0.3 is 20.4 Å². The summed E-state index contributed by atoms with van der Waals surface area (Å²) in [4.78, 5) is 15.8. The quantitative estimate of drug-likeness (QED) is 0.422. The minimum atomic E-state index is -3.44. The standard InChI is InChI=1S/C28H37FN8O2S/c1-34-16-18-36(19-17-34)22-11-14-37(15-12-22)25-9-8-21(20-23(25)29)31-28-30-13-10-27(33-28)32-24-6-4-5-7-26(24)35(2)40(3,38)39/h4-10,13,20,22H,11-12,14-19H2,1-3H3,(H2,30,31,32,33). The average Bonchev–Trinajstić information content (AvgIpc) is 2.93. The molecule has 12 heteroatoms. The summed E-state index contributed by atoms with van der Waals surface area (Å²) in [5.74, 6) is 0.473. The molecule has 0 bridgehead atoms. The fourth-order valence-corrected chi connectivity index (χ4v) is 5.80. The zero-order valence-corrected chi connectivity index (χ0v) is 24.0. The van der Waals surface area contributed by atoms with Gasteiger partial charge in [-0.1, -0.05) is 12.1 Å². The molecule has 10 nitrogen and oxygen atoms in total. The van der Waals surface area contributed by atoms with Gasteiger partial charge in [-0.15, -0.1) is 0 Å². The molecule has 0 unspecified atom stereocenters. The summed E-state index contributed by atoms with van der Waals surface area (Å²) in [5.41, 5.74) is 2.23. The third-order valence-corrected chi connectivity index (χ3v) is 8.91. The van der Waals surface area contributed by atoms with Crippen LogP contribution in [-0.4, -0.2) is 93.8 Å². The van der Waals surface area contributed by atoms with Crippen LogP contribution in [0.4, 0.5) is 38.9 Å². The molecule has 0 saturated carbocycles. The van der Waals surface area contributed by atoms with Crippen LogP contribution >= 0.6 is 0 Å². The fraction of sp³-hybridized carbons (Fsp3) is 0.429.